The van der Waals surface area contributed by atoms with Gasteiger partial charge in [-0.1, -0.05) is 58.8 Å². The maximum absolute atomic E-state index is 4.55. The van der Waals surface area contributed by atoms with Gasteiger partial charge in [0.05, 0.1) is 5.54 Å². The first kappa shape index (κ1) is 15.5. The van der Waals surface area contributed by atoms with Gasteiger partial charge in [-0.15, -0.1) is 0 Å². The summed E-state index contributed by atoms with van der Waals surface area (Å²) in [6.07, 6.45) is 14.4. The molecule has 106 valence electrons. The van der Waals surface area contributed by atoms with Gasteiger partial charge in [0.1, 0.15) is 0 Å². The molecule has 0 aromatic carbocycles. The summed E-state index contributed by atoms with van der Waals surface area (Å²) in [7, 11) is 0. The molecule has 1 aliphatic heterocycles. The molecule has 2 heteroatoms. The van der Waals surface area contributed by atoms with E-state index < -0.39 is 0 Å². The highest BCUT2D eigenvalue weighted by molar-refractivity contribution is 5.86. The van der Waals surface area contributed by atoms with Gasteiger partial charge in [-0.05, 0) is 26.2 Å². The molecule has 0 radical (unpaired) electrons. The molecule has 1 heterocycles. The van der Waals surface area contributed by atoms with Gasteiger partial charge < -0.3 is 5.43 Å². The van der Waals surface area contributed by atoms with Crippen molar-refractivity contribution in [1.82, 2.24) is 5.43 Å². The van der Waals surface area contributed by atoms with Crippen LogP contribution in [0.2, 0.25) is 0 Å². The Hall–Kier alpha value is -0.530. The monoisotopic (exact) mass is 252 g/mol. The SMILES string of the molecule is CCCCCCC1=NNC(C)(CCCCCC)C1. The Kier molecular flexibility index (Phi) is 7.38. The highest BCUT2D eigenvalue weighted by atomic mass is 15.4. The molecular formula is C16H32N2. The minimum atomic E-state index is 0.258. The molecule has 1 aliphatic rings. The Morgan fingerprint density at radius 2 is 1.67 bits per heavy atom. The van der Waals surface area contributed by atoms with E-state index in [4.69, 9.17) is 0 Å². The van der Waals surface area contributed by atoms with Crippen molar-refractivity contribution < 1.29 is 0 Å². The maximum atomic E-state index is 4.55. The van der Waals surface area contributed by atoms with Gasteiger partial charge in [-0.2, -0.15) is 5.10 Å². The average molecular weight is 252 g/mol. The zero-order valence-corrected chi connectivity index (χ0v) is 12.7. The predicted molar refractivity (Wildman–Crippen MR) is 81.1 cm³/mol. The summed E-state index contributed by atoms with van der Waals surface area (Å²) in [5.74, 6) is 0. The molecule has 1 rings (SSSR count). The summed E-state index contributed by atoms with van der Waals surface area (Å²) < 4.78 is 0. The van der Waals surface area contributed by atoms with E-state index in [1.807, 2.05) is 0 Å². The first-order valence-corrected chi connectivity index (χ1v) is 8.03. The molecule has 18 heavy (non-hydrogen) atoms. The molecule has 0 aromatic heterocycles. The van der Waals surface area contributed by atoms with Crippen LogP contribution in [0.15, 0.2) is 5.10 Å². The first-order chi connectivity index (χ1) is 8.70. The lowest BCUT2D eigenvalue weighted by atomic mass is 9.89. The zero-order chi connectivity index (χ0) is 13.3. The van der Waals surface area contributed by atoms with Crippen LogP contribution in [0.4, 0.5) is 0 Å². The molecule has 2 nitrogen and oxygen atoms in total. The van der Waals surface area contributed by atoms with E-state index in [1.165, 1.54) is 76.3 Å². The Balaban J connectivity index is 2.12. The first-order valence-electron chi connectivity index (χ1n) is 8.03. The average Bonchev–Trinajstić information content (AvgIpc) is 2.73. The zero-order valence-electron chi connectivity index (χ0n) is 12.7. The number of hydrogen-bond donors (Lipinski definition) is 1. The normalized spacial score (nSPS) is 22.9. The van der Waals surface area contributed by atoms with Crippen LogP contribution >= 0.6 is 0 Å². The van der Waals surface area contributed by atoms with E-state index in [1.54, 1.807) is 0 Å². The van der Waals surface area contributed by atoms with Crippen molar-refractivity contribution in [2.24, 2.45) is 5.10 Å². The number of hydrazone groups is 1. The molecule has 1 unspecified atom stereocenters. The quantitative estimate of drug-likeness (QED) is 0.541. The Bertz CT molecular complexity index is 247. The molecule has 0 fully saturated rings. The Labute approximate surface area is 114 Å². The molecule has 0 saturated heterocycles. The molecule has 0 bridgehead atoms. The minimum absolute atomic E-state index is 0.258. The fourth-order valence-electron chi connectivity index (χ4n) is 2.73. The molecule has 0 aliphatic carbocycles. The smallest absolute Gasteiger partial charge is 0.0573 e. The third kappa shape index (κ3) is 5.88. The summed E-state index contributed by atoms with van der Waals surface area (Å²) in [5.41, 5.74) is 5.05. The maximum Gasteiger partial charge on any atom is 0.0573 e. The van der Waals surface area contributed by atoms with Crippen LogP contribution in [0.1, 0.15) is 91.4 Å². The van der Waals surface area contributed by atoms with Crippen LogP contribution in [0.5, 0.6) is 0 Å². The van der Waals surface area contributed by atoms with Crippen molar-refractivity contribution in [1.29, 1.82) is 0 Å². The fourth-order valence-corrected chi connectivity index (χ4v) is 2.73. The number of nitrogens with one attached hydrogen (secondary N) is 1. The van der Waals surface area contributed by atoms with Gasteiger partial charge in [-0.3, -0.25) is 0 Å². The lowest BCUT2D eigenvalue weighted by Gasteiger charge is -2.23. The number of unbranched alkanes of at least 4 members (excludes halogenated alkanes) is 6. The lowest BCUT2D eigenvalue weighted by Crippen LogP contribution is -2.35. The Morgan fingerprint density at radius 1 is 1.00 bits per heavy atom. The molecule has 1 atom stereocenters. The summed E-state index contributed by atoms with van der Waals surface area (Å²) in [6.45, 7) is 6.87. The van der Waals surface area contributed by atoms with E-state index in [0.29, 0.717) is 0 Å². The van der Waals surface area contributed by atoms with Gasteiger partial charge in [0, 0.05) is 12.1 Å². The summed E-state index contributed by atoms with van der Waals surface area (Å²) in [4.78, 5) is 0. The summed E-state index contributed by atoms with van der Waals surface area (Å²) in [5, 5.41) is 4.55. The second kappa shape index (κ2) is 8.55. The summed E-state index contributed by atoms with van der Waals surface area (Å²) in [6, 6.07) is 0. The van der Waals surface area contributed by atoms with Crippen molar-refractivity contribution in [3.05, 3.63) is 0 Å². The second-order valence-electron chi connectivity index (χ2n) is 6.15. The van der Waals surface area contributed by atoms with E-state index >= 15 is 0 Å². The third-order valence-corrected chi connectivity index (χ3v) is 3.98. The van der Waals surface area contributed by atoms with Crippen LogP contribution in [0.25, 0.3) is 0 Å². The number of rotatable bonds is 10. The van der Waals surface area contributed by atoms with Crippen LogP contribution in [-0.2, 0) is 0 Å². The fraction of sp³-hybridized carbons (Fsp3) is 0.938. The predicted octanol–water partition coefficient (Wildman–Crippen LogP) is 5.04. The van der Waals surface area contributed by atoms with E-state index in [2.05, 4.69) is 31.3 Å². The lowest BCUT2D eigenvalue weighted by molar-refractivity contribution is 0.358. The molecular weight excluding hydrogens is 220 g/mol. The van der Waals surface area contributed by atoms with E-state index in [-0.39, 0.29) is 5.54 Å². The highest BCUT2D eigenvalue weighted by Gasteiger charge is 2.29. The van der Waals surface area contributed by atoms with Gasteiger partial charge >= 0.3 is 0 Å². The molecule has 1 N–H and O–H groups in total. The van der Waals surface area contributed by atoms with Gasteiger partial charge in [0.25, 0.3) is 0 Å². The van der Waals surface area contributed by atoms with Crippen molar-refractivity contribution >= 4 is 5.71 Å². The van der Waals surface area contributed by atoms with Crippen molar-refractivity contribution in [3.8, 4) is 0 Å². The largest absolute Gasteiger partial charge is 0.304 e. The molecule has 0 spiro atoms. The van der Waals surface area contributed by atoms with Crippen LogP contribution in [0, 0.1) is 0 Å². The van der Waals surface area contributed by atoms with Crippen LogP contribution in [-0.4, -0.2) is 11.3 Å². The van der Waals surface area contributed by atoms with E-state index in [9.17, 15) is 0 Å². The van der Waals surface area contributed by atoms with Crippen LogP contribution < -0.4 is 5.43 Å². The second-order valence-corrected chi connectivity index (χ2v) is 6.15. The highest BCUT2D eigenvalue weighted by Crippen LogP contribution is 2.25. The third-order valence-electron chi connectivity index (χ3n) is 3.98. The van der Waals surface area contributed by atoms with E-state index in [0.717, 1.165) is 0 Å². The summed E-state index contributed by atoms with van der Waals surface area (Å²) >= 11 is 0. The standard InChI is InChI=1S/C16H32N2/c1-4-6-8-10-12-15-14-16(3,18-17-15)13-11-9-7-5-2/h18H,4-14H2,1-3H3. The number of nitrogens with zero attached hydrogens (tertiary/aromatic N) is 1. The van der Waals surface area contributed by atoms with Gasteiger partial charge in [0.2, 0.25) is 0 Å². The van der Waals surface area contributed by atoms with Crippen molar-refractivity contribution in [2.75, 3.05) is 0 Å². The topological polar surface area (TPSA) is 24.4 Å². The van der Waals surface area contributed by atoms with Crippen molar-refractivity contribution in [2.45, 2.75) is 96.9 Å². The molecule has 0 aromatic rings. The van der Waals surface area contributed by atoms with Crippen LogP contribution in [0.3, 0.4) is 0 Å². The van der Waals surface area contributed by atoms with Crippen molar-refractivity contribution in [3.63, 3.8) is 0 Å². The van der Waals surface area contributed by atoms with Gasteiger partial charge in [0.15, 0.2) is 0 Å². The van der Waals surface area contributed by atoms with Gasteiger partial charge in [-0.25, -0.2) is 0 Å². The number of hydrogen-bond acceptors (Lipinski definition) is 2. The Morgan fingerprint density at radius 3 is 2.33 bits per heavy atom. The molecule has 0 amide bonds. The minimum Gasteiger partial charge on any atom is -0.304 e. The molecule has 0 saturated carbocycles.